The molecule has 9 heteroatoms. The summed E-state index contributed by atoms with van der Waals surface area (Å²) < 4.78 is 21.2. The highest BCUT2D eigenvalue weighted by atomic mass is 16.6. The maximum Gasteiger partial charge on any atom is 0.364 e. The molecule has 0 amide bonds. The molecule has 0 saturated carbocycles. The number of aromatic nitrogens is 1. The summed E-state index contributed by atoms with van der Waals surface area (Å²) in [6.45, 7) is 8.38. The number of hydrogen-bond donors (Lipinski definition) is 1. The Bertz CT molecular complexity index is 668. The van der Waals surface area contributed by atoms with E-state index in [4.69, 9.17) is 24.7 Å². The summed E-state index contributed by atoms with van der Waals surface area (Å²) in [6.07, 6.45) is 2.67. The minimum absolute atomic E-state index is 0.00151. The van der Waals surface area contributed by atoms with E-state index in [0.717, 1.165) is 0 Å². The molecule has 9 nitrogen and oxygen atoms in total. The van der Waals surface area contributed by atoms with E-state index in [1.165, 1.54) is 24.5 Å². The predicted molar refractivity (Wildman–Crippen MR) is 104 cm³/mol. The van der Waals surface area contributed by atoms with Crippen LogP contribution >= 0.6 is 0 Å². The van der Waals surface area contributed by atoms with Crippen LogP contribution in [-0.2, 0) is 28.6 Å². The average Bonchev–Trinajstić information content (AvgIpc) is 2.64. The first-order valence-electron chi connectivity index (χ1n) is 9.47. The van der Waals surface area contributed by atoms with E-state index in [9.17, 15) is 14.4 Å². The van der Waals surface area contributed by atoms with Crippen molar-refractivity contribution in [3.05, 3.63) is 24.5 Å². The molecule has 0 bridgehead atoms. The lowest BCUT2D eigenvalue weighted by Crippen LogP contribution is -2.64. The fraction of sp³-hybridized carbons (Fsp3) is 0.600. The van der Waals surface area contributed by atoms with Crippen LogP contribution in [-0.4, -0.2) is 53.3 Å². The summed E-state index contributed by atoms with van der Waals surface area (Å²) in [6, 6.07) is 1.70. The number of rotatable bonds is 10. The Morgan fingerprint density at radius 3 is 2.00 bits per heavy atom. The normalized spacial score (nSPS) is 12.6. The zero-order valence-electron chi connectivity index (χ0n) is 17.6. The lowest BCUT2D eigenvalue weighted by atomic mass is 9.90. The van der Waals surface area contributed by atoms with Crippen LogP contribution in [0.2, 0.25) is 0 Å². The molecule has 1 unspecified atom stereocenters. The number of nitrogens with two attached hydrogens (primary N) is 1. The smallest absolute Gasteiger partial charge is 0.364 e. The summed E-state index contributed by atoms with van der Waals surface area (Å²) in [5, 5.41) is 0. The van der Waals surface area contributed by atoms with E-state index in [1.807, 2.05) is 0 Å². The summed E-state index contributed by atoms with van der Waals surface area (Å²) >= 11 is 0. The Labute approximate surface area is 170 Å². The van der Waals surface area contributed by atoms with Crippen molar-refractivity contribution in [1.29, 1.82) is 0 Å². The predicted octanol–water partition coefficient (Wildman–Crippen LogP) is 1.77. The molecular formula is C20H30N2O7. The summed E-state index contributed by atoms with van der Waals surface area (Å²) in [5.74, 6) is -2.33. The van der Waals surface area contributed by atoms with Gasteiger partial charge in [0.15, 0.2) is 0 Å². The van der Waals surface area contributed by atoms with Crippen LogP contribution in [0.25, 0.3) is 0 Å². The van der Waals surface area contributed by atoms with Gasteiger partial charge >= 0.3 is 23.5 Å². The molecule has 162 valence electrons. The molecule has 0 aromatic carbocycles. The minimum Gasteiger partial charge on any atom is -0.463 e. The molecule has 1 rings (SSSR count). The fourth-order valence-electron chi connectivity index (χ4n) is 2.48. The van der Waals surface area contributed by atoms with Crippen molar-refractivity contribution < 1.29 is 33.3 Å². The summed E-state index contributed by atoms with van der Waals surface area (Å²) in [4.78, 5) is 41.6. The van der Waals surface area contributed by atoms with Gasteiger partial charge in [0.1, 0.15) is 11.4 Å². The number of nitrogens with zero attached hydrogens (tertiary/aromatic N) is 1. The van der Waals surface area contributed by atoms with Gasteiger partial charge in [0, 0.05) is 18.8 Å². The second-order valence-electron chi connectivity index (χ2n) is 7.19. The Hall–Kier alpha value is -2.68. The summed E-state index contributed by atoms with van der Waals surface area (Å²) in [5.41, 5.74) is 3.27. The van der Waals surface area contributed by atoms with Crippen LogP contribution in [0.5, 0.6) is 5.75 Å². The maximum absolute atomic E-state index is 12.8. The third-order valence-corrected chi connectivity index (χ3v) is 3.69. The van der Waals surface area contributed by atoms with Gasteiger partial charge in [-0.3, -0.25) is 9.78 Å². The van der Waals surface area contributed by atoms with Crippen molar-refractivity contribution in [2.24, 2.45) is 5.73 Å². The molecule has 1 atom stereocenters. The maximum atomic E-state index is 12.8. The highest BCUT2D eigenvalue weighted by Crippen LogP contribution is 2.27. The Morgan fingerprint density at radius 2 is 1.55 bits per heavy atom. The SMILES string of the molecule is CCOC(=O)C(Oc1ccncc1)(C(=O)OCC)C(N)CCC(=O)OC(C)(C)C. The van der Waals surface area contributed by atoms with Gasteiger partial charge in [-0.15, -0.1) is 0 Å². The largest absolute Gasteiger partial charge is 0.463 e. The first kappa shape index (κ1) is 24.4. The number of pyridine rings is 1. The molecular weight excluding hydrogens is 380 g/mol. The Balaban J connectivity index is 3.22. The average molecular weight is 410 g/mol. The topological polar surface area (TPSA) is 127 Å². The number of carbonyl (C=O) groups excluding carboxylic acids is 3. The van der Waals surface area contributed by atoms with Crippen LogP contribution in [0.4, 0.5) is 0 Å². The molecule has 0 fully saturated rings. The molecule has 0 aliphatic heterocycles. The molecule has 1 heterocycles. The van der Waals surface area contributed by atoms with Crippen molar-refractivity contribution in [2.45, 2.75) is 64.7 Å². The lowest BCUT2D eigenvalue weighted by molar-refractivity contribution is -0.183. The third-order valence-electron chi connectivity index (χ3n) is 3.69. The van der Waals surface area contributed by atoms with E-state index in [2.05, 4.69) is 4.98 Å². The van der Waals surface area contributed by atoms with Crippen molar-refractivity contribution in [2.75, 3.05) is 13.2 Å². The van der Waals surface area contributed by atoms with Gasteiger partial charge in [-0.1, -0.05) is 0 Å². The highest BCUT2D eigenvalue weighted by Gasteiger charge is 2.57. The molecule has 0 saturated heterocycles. The second-order valence-corrected chi connectivity index (χ2v) is 7.19. The molecule has 1 aromatic heterocycles. The van der Waals surface area contributed by atoms with Crippen LogP contribution < -0.4 is 10.5 Å². The number of esters is 3. The zero-order chi connectivity index (χ0) is 22.1. The quantitative estimate of drug-likeness (QED) is 0.349. The van der Waals surface area contributed by atoms with Crippen molar-refractivity contribution in [1.82, 2.24) is 4.98 Å². The zero-order valence-corrected chi connectivity index (χ0v) is 17.6. The minimum atomic E-state index is -2.28. The third kappa shape index (κ3) is 7.01. The second kappa shape index (κ2) is 10.8. The number of ether oxygens (including phenoxy) is 4. The highest BCUT2D eigenvalue weighted by molar-refractivity contribution is 6.05. The van der Waals surface area contributed by atoms with E-state index in [1.54, 1.807) is 34.6 Å². The molecule has 29 heavy (non-hydrogen) atoms. The molecule has 0 spiro atoms. The number of hydrogen-bond acceptors (Lipinski definition) is 9. The van der Waals surface area contributed by atoms with Crippen LogP contribution in [0.1, 0.15) is 47.5 Å². The van der Waals surface area contributed by atoms with Gasteiger partial charge in [-0.2, -0.15) is 0 Å². The van der Waals surface area contributed by atoms with Gasteiger partial charge in [0.05, 0.1) is 19.3 Å². The Kier molecular flexibility index (Phi) is 9.03. The lowest BCUT2D eigenvalue weighted by Gasteiger charge is -2.34. The van der Waals surface area contributed by atoms with Crippen molar-refractivity contribution in [3.8, 4) is 5.75 Å². The van der Waals surface area contributed by atoms with E-state index < -0.39 is 35.2 Å². The molecule has 0 aliphatic carbocycles. The van der Waals surface area contributed by atoms with Gasteiger partial charge < -0.3 is 24.7 Å². The molecule has 0 radical (unpaired) electrons. The molecule has 1 aromatic rings. The van der Waals surface area contributed by atoms with Crippen LogP contribution in [0, 0.1) is 0 Å². The summed E-state index contributed by atoms with van der Waals surface area (Å²) in [7, 11) is 0. The van der Waals surface area contributed by atoms with Crippen molar-refractivity contribution in [3.63, 3.8) is 0 Å². The van der Waals surface area contributed by atoms with Gasteiger partial charge in [0.25, 0.3) is 0 Å². The first-order chi connectivity index (χ1) is 13.6. The van der Waals surface area contributed by atoms with E-state index in [-0.39, 0.29) is 31.8 Å². The standard InChI is InChI=1S/C20H30N2O7/c1-6-26-17(24)20(18(25)27-7-2,28-14-10-12-22-13-11-14)15(21)8-9-16(23)29-19(3,4)5/h10-13,15H,6-9,21H2,1-5H3. The van der Waals surface area contributed by atoms with Crippen LogP contribution in [0.3, 0.4) is 0 Å². The van der Waals surface area contributed by atoms with Crippen molar-refractivity contribution >= 4 is 17.9 Å². The number of carbonyl (C=O) groups is 3. The van der Waals surface area contributed by atoms with Gasteiger partial charge in [-0.05, 0) is 53.2 Å². The van der Waals surface area contributed by atoms with Gasteiger partial charge in [-0.25, -0.2) is 9.59 Å². The van der Waals surface area contributed by atoms with Gasteiger partial charge in [0.2, 0.25) is 0 Å². The fourth-order valence-corrected chi connectivity index (χ4v) is 2.48. The Morgan fingerprint density at radius 1 is 1.03 bits per heavy atom. The monoisotopic (exact) mass is 410 g/mol. The molecule has 0 aliphatic rings. The van der Waals surface area contributed by atoms with E-state index in [0.29, 0.717) is 0 Å². The first-order valence-corrected chi connectivity index (χ1v) is 9.47. The van der Waals surface area contributed by atoms with Crippen LogP contribution in [0.15, 0.2) is 24.5 Å². The molecule has 2 N–H and O–H groups in total. The van der Waals surface area contributed by atoms with E-state index >= 15 is 0 Å².